The molecule has 2 heterocycles. The van der Waals surface area contributed by atoms with Crippen molar-refractivity contribution in [1.82, 2.24) is 10.2 Å². The number of hydrogen-bond donors (Lipinski definition) is 2. The van der Waals surface area contributed by atoms with E-state index in [1.807, 2.05) is 25.3 Å². The van der Waals surface area contributed by atoms with Crippen molar-refractivity contribution in [3.63, 3.8) is 0 Å². The summed E-state index contributed by atoms with van der Waals surface area (Å²) >= 11 is 1.63. The average molecular weight is 310 g/mol. The van der Waals surface area contributed by atoms with Crippen LogP contribution in [0.3, 0.4) is 0 Å². The first kappa shape index (κ1) is 15.8. The van der Waals surface area contributed by atoms with E-state index in [0.717, 1.165) is 19.3 Å². The first-order valence-corrected chi connectivity index (χ1v) is 8.24. The van der Waals surface area contributed by atoms with Gasteiger partial charge in [0.1, 0.15) is 6.04 Å². The molecule has 0 spiro atoms. The lowest BCUT2D eigenvalue weighted by molar-refractivity contribution is -0.145. The van der Waals surface area contributed by atoms with Crippen molar-refractivity contribution < 1.29 is 14.7 Å². The minimum Gasteiger partial charge on any atom is -0.480 e. The van der Waals surface area contributed by atoms with Crippen LogP contribution in [0.5, 0.6) is 0 Å². The molecule has 0 bridgehead atoms. The smallest absolute Gasteiger partial charge is 0.326 e. The summed E-state index contributed by atoms with van der Waals surface area (Å²) in [5.41, 5.74) is 1.19. The molecule has 1 aromatic rings. The molecule has 3 unspecified atom stereocenters. The number of carboxylic acid groups (broad SMARTS) is 1. The van der Waals surface area contributed by atoms with Gasteiger partial charge in [0.2, 0.25) is 0 Å². The Morgan fingerprint density at radius 1 is 1.57 bits per heavy atom. The normalized spacial score (nSPS) is 23.6. The maximum absolute atomic E-state index is 12.4. The van der Waals surface area contributed by atoms with Crippen LogP contribution in [0.2, 0.25) is 0 Å². The van der Waals surface area contributed by atoms with Gasteiger partial charge in [-0.2, -0.15) is 11.3 Å². The van der Waals surface area contributed by atoms with Crippen molar-refractivity contribution in [3.05, 3.63) is 22.4 Å². The molecule has 0 radical (unpaired) electrons. The van der Waals surface area contributed by atoms with Gasteiger partial charge in [-0.25, -0.2) is 9.59 Å². The molecule has 21 heavy (non-hydrogen) atoms. The predicted octanol–water partition coefficient (Wildman–Crippen LogP) is 2.57. The van der Waals surface area contributed by atoms with E-state index in [9.17, 15) is 14.7 Å². The number of carboxylic acids is 1. The van der Waals surface area contributed by atoms with Crippen molar-refractivity contribution in [1.29, 1.82) is 0 Å². The highest BCUT2D eigenvalue weighted by molar-refractivity contribution is 7.07. The Kier molecular flexibility index (Phi) is 5.22. The molecule has 0 saturated carbocycles. The zero-order valence-electron chi connectivity index (χ0n) is 12.4. The van der Waals surface area contributed by atoms with Crippen LogP contribution in [-0.4, -0.2) is 40.6 Å². The molecule has 1 aromatic heterocycles. The Morgan fingerprint density at radius 2 is 2.33 bits per heavy atom. The Balaban J connectivity index is 1.96. The number of rotatable bonds is 4. The summed E-state index contributed by atoms with van der Waals surface area (Å²) in [4.78, 5) is 25.2. The number of thiophene rings is 1. The highest BCUT2D eigenvalue weighted by atomic mass is 32.1. The predicted molar refractivity (Wildman–Crippen MR) is 82.5 cm³/mol. The number of aliphatic carboxylic acids is 1. The highest BCUT2D eigenvalue weighted by Gasteiger charge is 2.37. The Labute approximate surface area is 129 Å². The van der Waals surface area contributed by atoms with Crippen LogP contribution in [0, 0.1) is 5.92 Å². The summed E-state index contributed by atoms with van der Waals surface area (Å²) in [6.07, 6.45) is 2.47. The summed E-state index contributed by atoms with van der Waals surface area (Å²) in [6.45, 7) is 4.35. The number of amides is 2. The monoisotopic (exact) mass is 310 g/mol. The van der Waals surface area contributed by atoms with Gasteiger partial charge in [0, 0.05) is 12.6 Å². The van der Waals surface area contributed by atoms with E-state index < -0.39 is 12.0 Å². The van der Waals surface area contributed by atoms with Crippen LogP contribution in [-0.2, 0) is 11.2 Å². The molecule has 3 atom stereocenters. The van der Waals surface area contributed by atoms with Gasteiger partial charge < -0.3 is 15.3 Å². The second-order valence-electron chi connectivity index (χ2n) is 5.78. The number of nitrogens with zero attached hydrogens (tertiary/aromatic N) is 1. The summed E-state index contributed by atoms with van der Waals surface area (Å²) < 4.78 is 0. The molecule has 1 aliphatic heterocycles. The minimum atomic E-state index is -0.914. The van der Waals surface area contributed by atoms with Crippen molar-refractivity contribution in [3.8, 4) is 0 Å². The average Bonchev–Trinajstić information content (AvgIpc) is 2.90. The molecular formula is C15H22N2O3S. The van der Waals surface area contributed by atoms with E-state index in [-0.39, 0.29) is 18.0 Å². The van der Waals surface area contributed by atoms with Gasteiger partial charge in [-0.15, -0.1) is 0 Å². The van der Waals surface area contributed by atoms with E-state index in [1.54, 1.807) is 11.3 Å². The number of likely N-dealkylation sites (tertiary alicyclic amines) is 1. The second-order valence-corrected chi connectivity index (χ2v) is 6.56. The fraction of sp³-hybridized carbons (Fsp3) is 0.600. The van der Waals surface area contributed by atoms with E-state index in [2.05, 4.69) is 10.7 Å². The van der Waals surface area contributed by atoms with E-state index >= 15 is 0 Å². The molecule has 2 amide bonds. The summed E-state index contributed by atoms with van der Waals surface area (Å²) in [6, 6.07) is 1.04. The van der Waals surface area contributed by atoms with Crippen molar-refractivity contribution >= 4 is 23.3 Å². The number of hydrogen-bond acceptors (Lipinski definition) is 3. The van der Waals surface area contributed by atoms with Crippen LogP contribution >= 0.6 is 11.3 Å². The minimum absolute atomic E-state index is 0.00539. The molecule has 0 aliphatic carbocycles. The van der Waals surface area contributed by atoms with Gasteiger partial charge in [0.05, 0.1) is 0 Å². The number of urea groups is 1. The maximum Gasteiger partial charge on any atom is 0.326 e. The van der Waals surface area contributed by atoms with Crippen LogP contribution < -0.4 is 5.32 Å². The Hall–Kier alpha value is -1.56. The van der Waals surface area contributed by atoms with Crippen LogP contribution in [0.15, 0.2) is 16.8 Å². The molecule has 1 aliphatic rings. The molecule has 2 rings (SSSR count). The fourth-order valence-electron chi connectivity index (χ4n) is 2.90. The van der Waals surface area contributed by atoms with Gasteiger partial charge in [-0.1, -0.05) is 6.92 Å². The lowest BCUT2D eigenvalue weighted by Gasteiger charge is -2.37. The third-order valence-electron chi connectivity index (χ3n) is 3.94. The lowest BCUT2D eigenvalue weighted by atomic mass is 9.91. The number of carbonyl (C=O) groups is 2. The molecule has 1 fully saturated rings. The highest BCUT2D eigenvalue weighted by Crippen LogP contribution is 2.23. The number of piperidine rings is 1. The van der Waals surface area contributed by atoms with E-state index in [4.69, 9.17) is 0 Å². The Bertz CT molecular complexity index is 489. The fourth-order valence-corrected chi connectivity index (χ4v) is 3.58. The molecule has 116 valence electrons. The Morgan fingerprint density at radius 3 is 2.95 bits per heavy atom. The quantitative estimate of drug-likeness (QED) is 0.898. The zero-order chi connectivity index (χ0) is 15.4. The first-order valence-electron chi connectivity index (χ1n) is 7.30. The molecule has 0 aromatic carbocycles. The van der Waals surface area contributed by atoms with Crippen LogP contribution in [0.4, 0.5) is 4.79 Å². The maximum atomic E-state index is 12.4. The van der Waals surface area contributed by atoms with Gasteiger partial charge >= 0.3 is 12.0 Å². The summed E-state index contributed by atoms with van der Waals surface area (Å²) in [5.74, 6) is -0.919. The largest absolute Gasteiger partial charge is 0.480 e. The van der Waals surface area contributed by atoms with Gasteiger partial charge in [-0.05, 0) is 54.5 Å². The summed E-state index contributed by atoms with van der Waals surface area (Å²) in [5, 5.41) is 16.3. The first-order chi connectivity index (χ1) is 9.99. The SMILES string of the molecule is CC(Cc1ccsc1)NC(=O)N1CCCC(C)C1C(=O)O. The summed E-state index contributed by atoms with van der Waals surface area (Å²) in [7, 11) is 0. The van der Waals surface area contributed by atoms with Gasteiger partial charge in [0.25, 0.3) is 0 Å². The van der Waals surface area contributed by atoms with Gasteiger partial charge in [-0.3, -0.25) is 0 Å². The van der Waals surface area contributed by atoms with Crippen molar-refractivity contribution in [2.75, 3.05) is 6.54 Å². The molecule has 6 heteroatoms. The third-order valence-corrected chi connectivity index (χ3v) is 4.67. The van der Waals surface area contributed by atoms with Crippen molar-refractivity contribution in [2.24, 2.45) is 5.92 Å². The second kappa shape index (κ2) is 6.93. The van der Waals surface area contributed by atoms with Gasteiger partial charge in [0.15, 0.2) is 0 Å². The third kappa shape index (κ3) is 3.97. The van der Waals surface area contributed by atoms with E-state index in [1.165, 1.54) is 10.5 Å². The van der Waals surface area contributed by atoms with Crippen molar-refractivity contribution in [2.45, 2.75) is 45.2 Å². The molecule has 2 N–H and O–H groups in total. The van der Waals surface area contributed by atoms with Crippen LogP contribution in [0.25, 0.3) is 0 Å². The molecular weight excluding hydrogens is 288 g/mol. The zero-order valence-corrected chi connectivity index (χ0v) is 13.2. The number of nitrogens with one attached hydrogen (secondary N) is 1. The lowest BCUT2D eigenvalue weighted by Crippen LogP contribution is -2.56. The van der Waals surface area contributed by atoms with E-state index in [0.29, 0.717) is 6.54 Å². The standard InChI is InChI=1S/C15H22N2O3S/c1-10-4-3-6-17(13(10)14(18)19)15(20)16-11(2)8-12-5-7-21-9-12/h5,7,9-11,13H,3-4,6,8H2,1-2H3,(H,16,20)(H,18,19). The van der Waals surface area contributed by atoms with Crippen LogP contribution in [0.1, 0.15) is 32.3 Å². The molecule has 5 nitrogen and oxygen atoms in total. The molecule has 1 saturated heterocycles. The topological polar surface area (TPSA) is 69.6 Å². The number of carbonyl (C=O) groups excluding carboxylic acids is 1.